The fourth-order valence-corrected chi connectivity index (χ4v) is 2.32. The van der Waals surface area contributed by atoms with E-state index in [2.05, 4.69) is 5.32 Å². The van der Waals surface area contributed by atoms with Gasteiger partial charge in [-0.2, -0.15) is 0 Å². The normalized spacial score (nSPS) is 13.5. The van der Waals surface area contributed by atoms with E-state index < -0.39 is 6.10 Å². The van der Waals surface area contributed by atoms with Crippen LogP contribution < -0.4 is 19.5 Å². The molecule has 0 bridgehead atoms. The molecule has 0 radical (unpaired) electrons. The van der Waals surface area contributed by atoms with Gasteiger partial charge in [-0.05, 0) is 43.2 Å². The smallest absolute Gasteiger partial charge is 0.261 e. The van der Waals surface area contributed by atoms with Crippen molar-refractivity contribution in [3.63, 3.8) is 0 Å². The Kier molecular flexibility index (Phi) is 4.37. The first-order valence-electron chi connectivity index (χ1n) is 7.52. The summed E-state index contributed by atoms with van der Waals surface area (Å²) in [6, 6.07) is 13.3. The zero-order chi connectivity index (χ0) is 16.2. The van der Waals surface area contributed by atoms with Crippen molar-refractivity contribution in [1.82, 2.24) is 5.32 Å². The Morgan fingerprint density at radius 1 is 1.22 bits per heavy atom. The Hall–Kier alpha value is -2.69. The molecule has 120 valence electrons. The third-order valence-corrected chi connectivity index (χ3v) is 3.67. The molecule has 1 unspecified atom stereocenters. The van der Waals surface area contributed by atoms with Crippen molar-refractivity contribution in [2.75, 3.05) is 6.79 Å². The number of carbonyl (C=O) groups is 1. The van der Waals surface area contributed by atoms with E-state index in [4.69, 9.17) is 14.2 Å². The molecule has 1 heterocycles. The number of benzene rings is 2. The first kappa shape index (κ1) is 15.2. The third-order valence-electron chi connectivity index (χ3n) is 3.67. The van der Waals surface area contributed by atoms with Gasteiger partial charge in [0.1, 0.15) is 5.75 Å². The van der Waals surface area contributed by atoms with Crippen molar-refractivity contribution in [2.45, 2.75) is 26.5 Å². The maximum Gasteiger partial charge on any atom is 0.261 e. The lowest BCUT2D eigenvalue weighted by Gasteiger charge is -2.16. The van der Waals surface area contributed by atoms with Crippen molar-refractivity contribution < 1.29 is 19.0 Å². The Morgan fingerprint density at radius 2 is 2.00 bits per heavy atom. The molecule has 0 fully saturated rings. The van der Waals surface area contributed by atoms with Gasteiger partial charge in [0.2, 0.25) is 6.79 Å². The molecule has 1 atom stereocenters. The zero-order valence-electron chi connectivity index (χ0n) is 13.2. The first-order valence-corrected chi connectivity index (χ1v) is 7.52. The standard InChI is InChI=1S/C18H19NO4/c1-12-5-3-4-6-15(12)23-13(2)18(20)19-10-14-7-8-16-17(9-14)22-11-21-16/h3-9,13H,10-11H2,1-2H3,(H,19,20). The summed E-state index contributed by atoms with van der Waals surface area (Å²) in [6.07, 6.45) is -0.565. The Bertz CT molecular complexity index is 714. The molecule has 5 heteroatoms. The molecule has 3 rings (SSSR count). The first-order chi connectivity index (χ1) is 11.1. The molecule has 1 amide bonds. The van der Waals surface area contributed by atoms with Gasteiger partial charge in [0.15, 0.2) is 17.6 Å². The quantitative estimate of drug-likeness (QED) is 0.922. The number of hydrogen-bond donors (Lipinski definition) is 1. The van der Waals surface area contributed by atoms with Gasteiger partial charge in [0, 0.05) is 6.54 Å². The minimum atomic E-state index is -0.565. The number of para-hydroxylation sites is 1. The highest BCUT2D eigenvalue weighted by atomic mass is 16.7. The Morgan fingerprint density at radius 3 is 2.83 bits per heavy atom. The second kappa shape index (κ2) is 6.60. The molecule has 2 aromatic carbocycles. The monoisotopic (exact) mass is 313 g/mol. The molecule has 0 spiro atoms. The van der Waals surface area contributed by atoms with Crippen molar-refractivity contribution in [1.29, 1.82) is 0 Å². The van der Waals surface area contributed by atoms with Gasteiger partial charge in [0.25, 0.3) is 5.91 Å². The summed E-state index contributed by atoms with van der Waals surface area (Å²) in [5.74, 6) is 2.00. The SMILES string of the molecule is Cc1ccccc1OC(C)C(=O)NCc1ccc2c(c1)OCO2. The lowest BCUT2D eigenvalue weighted by atomic mass is 10.2. The van der Waals surface area contributed by atoms with Crippen LogP contribution >= 0.6 is 0 Å². The average molecular weight is 313 g/mol. The van der Waals surface area contributed by atoms with Crippen molar-refractivity contribution in [2.24, 2.45) is 0 Å². The van der Waals surface area contributed by atoms with E-state index in [1.165, 1.54) is 0 Å². The third kappa shape index (κ3) is 3.56. The predicted molar refractivity (Wildman–Crippen MR) is 85.7 cm³/mol. The second-order valence-corrected chi connectivity index (χ2v) is 5.43. The number of amides is 1. The molecule has 0 aromatic heterocycles. The van der Waals surface area contributed by atoms with Crippen LogP contribution in [0.4, 0.5) is 0 Å². The topological polar surface area (TPSA) is 56.8 Å². The van der Waals surface area contributed by atoms with Crippen LogP contribution in [0.25, 0.3) is 0 Å². The molecule has 23 heavy (non-hydrogen) atoms. The Labute approximate surface area is 135 Å². The van der Waals surface area contributed by atoms with Crippen LogP contribution in [0.3, 0.4) is 0 Å². The number of ether oxygens (including phenoxy) is 3. The van der Waals surface area contributed by atoms with Crippen molar-refractivity contribution in [3.8, 4) is 17.2 Å². The minimum absolute atomic E-state index is 0.161. The van der Waals surface area contributed by atoms with Gasteiger partial charge in [-0.25, -0.2) is 0 Å². The summed E-state index contributed by atoms with van der Waals surface area (Å²) < 4.78 is 16.3. The highest BCUT2D eigenvalue weighted by molar-refractivity contribution is 5.80. The number of carbonyl (C=O) groups excluding carboxylic acids is 1. The van der Waals surface area contributed by atoms with Crippen LogP contribution in [0.5, 0.6) is 17.2 Å². The van der Waals surface area contributed by atoms with Gasteiger partial charge < -0.3 is 19.5 Å². The minimum Gasteiger partial charge on any atom is -0.481 e. The fraction of sp³-hybridized carbons (Fsp3) is 0.278. The van der Waals surface area contributed by atoms with E-state index in [1.807, 2.05) is 49.4 Å². The molecule has 5 nitrogen and oxygen atoms in total. The largest absolute Gasteiger partial charge is 0.481 e. The maximum absolute atomic E-state index is 12.2. The molecule has 0 aliphatic carbocycles. The van der Waals surface area contributed by atoms with Crippen LogP contribution in [0.15, 0.2) is 42.5 Å². The molecular formula is C18H19NO4. The van der Waals surface area contributed by atoms with Crippen LogP contribution in [-0.4, -0.2) is 18.8 Å². The molecule has 0 saturated heterocycles. The van der Waals surface area contributed by atoms with E-state index in [9.17, 15) is 4.79 Å². The van der Waals surface area contributed by atoms with Crippen LogP contribution in [0.2, 0.25) is 0 Å². The summed E-state index contributed by atoms with van der Waals surface area (Å²) in [7, 11) is 0. The second-order valence-electron chi connectivity index (χ2n) is 5.43. The zero-order valence-corrected chi connectivity index (χ0v) is 13.2. The van der Waals surface area contributed by atoms with Crippen LogP contribution in [0, 0.1) is 6.92 Å². The summed E-state index contributed by atoms with van der Waals surface area (Å²) in [5, 5.41) is 2.87. The number of nitrogens with one attached hydrogen (secondary N) is 1. The lowest BCUT2D eigenvalue weighted by molar-refractivity contribution is -0.127. The van der Waals surface area contributed by atoms with E-state index in [0.29, 0.717) is 12.3 Å². The number of hydrogen-bond acceptors (Lipinski definition) is 4. The fourth-order valence-electron chi connectivity index (χ4n) is 2.32. The summed E-state index contributed by atoms with van der Waals surface area (Å²) >= 11 is 0. The molecule has 1 N–H and O–H groups in total. The van der Waals surface area contributed by atoms with Gasteiger partial charge >= 0.3 is 0 Å². The van der Waals surface area contributed by atoms with Crippen LogP contribution in [-0.2, 0) is 11.3 Å². The Balaban J connectivity index is 1.55. The van der Waals surface area contributed by atoms with Gasteiger partial charge in [0.05, 0.1) is 0 Å². The number of fused-ring (bicyclic) bond motifs is 1. The average Bonchev–Trinajstić information content (AvgIpc) is 3.02. The van der Waals surface area contributed by atoms with Gasteiger partial charge in [-0.1, -0.05) is 24.3 Å². The molecule has 2 aromatic rings. The van der Waals surface area contributed by atoms with E-state index in [1.54, 1.807) is 6.92 Å². The number of aryl methyl sites for hydroxylation is 1. The molecule has 1 aliphatic rings. The van der Waals surface area contributed by atoms with E-state index in [-0.39, 0.29) is 12.7 Å². The lowest BCUT2D eigenvalue weighted by Crippen LogP contribution is -2.36. The van der Waals surface area contributed by atoms with Crippen LogP contribution in [0.1, 0.15) is 18.1 Å². The van der Waals surface area contributed by atoms with Gasteiger partial charge in [-0.15, -0.1) is 0 Å². The molecular weight excluding hydrogens is 294 g/mol. The molecule has 1 aliphatic heterocycles. The van der Waals surface area contributed by atoms with Crippen molar-refractivity contribution in [3.05, 3.63) is 53.6 Å². The van der Waals surface area contributed by atoms with Crippen molar-refractivity contribution >= 4 is 5.91 Å². The summed E-state index contributed by atoms with van der Waals surface area (Å²) in [5.41, 5.74) is 1.95. The summed E-state index contributed by atoms with van der Waals surface area (Å²) in [6.45, 7) is 4.34. The van der Waals surface area contributed by atoms with E-state index >= 15 is 0 Å². The molecule has 0 saturated carbocycles. The predicted octanol–water partition coefficient (Wildman–Crippen LogP) is 2.81. The highest BCUT2D eigenvalue weighted by Crippen LogP contribution is 2.32. The van der Waals surface area contributed by atoms with E-state index in [0.717, 1.165) is 22.6 Å². The van der Waals surface area contributed by atoms with Gasteiger partial charge in [-0.3, -0.25) is 4.79 Å². The highest BCUT2D eigenvalue weighted by Gasteiger charge is 2.17. The summed E-state index contributed by atoms with van der Waals surface area (Å²) in [4.78, 5) is 12.2. The maximum atomic E-state index is 12.2. The number of rotatable bonds is 5.